The molecule has 1 aliphatic rings. The number of hydrogen-bond acceptors (Lipinski definition) is 3. The van der Waals surface area contributed by atoms with Crippen LogP contribution in [0.4, 0.5) is 0 Å². The topological polar surface area (TPSA) is 61.0 Å². The Labute approximate surface area is 134 Å². The van der Waals surface area contributed by atoms with Crippen molar-refractivity contribution in [2.45, 2.75) is 25.4 Å². The highest BCUT2D eigenvalue weighted by Gasteiger charge is 2.28. The summed E-state index contributed by atoms with van der Waals surface area (Å²) in [6.45, 7) is 2.14. The van der Waals surface area contributed by atoms with Crippen LogP contribution < -0.4 is 5.32 Å². The van der Waals surface area contributed by atoms with Gasteiger partial charge in [-0.1, -0.05) is 23.7 Å². The van der Waals surface area contributed by atoms with Crippen LogP contribution in [0.5, 0.6) is 0 Å². The molecule has 0 spiro atoms. The van der Waals surface area contributed by atoms with Gasteiger partial charge in [-0.05, 0) is 24.1 Å². The Morgan fingerprint density at radius 1 is 1.45 bits per heavy atom. The van der Waals surface area contributed by atoms with E-state index in [2.05, 4.69) is 15.3 Å². The third kappa shape index (κ3) is 3.87. The van der Waals surface area contributed by atoms with Crippen molar-refractivity contribution in [3.8, 4) is 0 Å². The van der Waals surface area contributed by atoms with E-state index in [1.807, 2.05) is 29.2 Å². The van der Waals surface area contributed by atoms with Crippen LogP contribution in [-0.2, 0) is 17.8 Å². The van der Waals surface area contributed by atoms with E-state index in [1.165, 1.54) is 0 Å². The van der Waals surface area contributed by atoms with E-state index in [-0.39, 0.29) is 11.9 Å². The van der Waals surface area contributed by atoms with Gasteiger partial charge >= 0.3 is 0 Å². The number of aromatic nitrogens is 2. The fourth-order valence-electron chi connectivity index (χ4n) is 2.72. The molecule has 1 fully saturated rings. The van der Waals surface area contributed by atoms with Crippen molar-refractivity contribution in [2.75, 3.05) is 13.1 Å². The first-order valence-corrected chi connectivity index (χ1v) is 7.82. The Morgan fingerprint density at radius 3 is 3.14 bits per heavy atom. The second kappa shape index (κ2) is 6.94. The Morgan fingerprint density at radius 2 is 2.36 bits per heavy atom. The van der Waals surface area contributed by atoms with E-state index in [1.54, 1.807) is 12.4 Å². The number of aromatic amines is 1. The molecule has 1 aliphatic heterocycles. The molecule has 0 radical (unpaired) electrons. The standard InChI is InChI=1S/C16H19ClN4O/c17-13-3-1-2-12(8-13)4-7-21-11-14(9-16(21)22)20-10-15-18-5-6-19-15/h1-3,5-6,8,14,20H,4,7,9-11H2,(H,18,19)/t14-/m1/s1. The minimum absolute atomic E-state index is 0.192. The zero-order valence-corrected chi connectivity index (χ0v) is 13.0. The molecule has 2 heterocycles. The maximum Gasteiger partial charge on any atom is 0.224 e. The van der Waals surface area contributed by atoms with Crippen LogP contribution in [0.15, 0.2) is 36.7 Å². The van der Waals surface area contributed by atoms with Gasteiger partial charge < -0.3 is 15.2 Å². The van der Waals surface area contributed by atoms with E-state index in [0.717, 1.165) is 35.9 Å². The average Bonchev–Trinajstić information content (AvgIpc) is 3.13. The fourth-order valence-corrected chi connectivity index (χ4v) is 2.93. The van der Waals surface area contributed by atoms with E-state index in [9.17, 15) is 4.79 Å². The van der Waals surface area contributed by atoms with Gasteiger partial charge in [-0.2, -0.15) is 0 Å². The number of hydrogen-bond donors (Lipinski definition) is 2. The number of likely N-dealkylation sites (tertiary alicyclic amines) is 1. The molecule has 0 aliphatic carbocycles. The zero-order chi connectivity index (χ0) is 15.4. The summed E-state index contributed by atoms with van der Waals surface area (Å²) in [7, 11) is 0. The summed E-state index contributed by atoms with van der Waals surface area (Å²) < 4.78 is 0. The second-order valence-electron chi connectivity index (χ2n) is 5.54. The molecular weight excluding hydrogens is 300 g/mol. The molecule has 116 valence electrons. The maximum absolute atomic E-state index is 12.1. The summed E-state index contributed by atoms with van der Waals surface area (Å²) in [6.07, 6.45) is 4.91. The monoisotopic (exact) mass is 318 g/mol. The number of carbonyl (C=O) groups excluding carboxylic acids is 1. The summed E-state index contributed by atoms with van der Waals surface area (Å²) in [5.41, 5.74) is 1.16. The third-order valence-electron chi connectivity index (χ3n) is 3.89. The number of amides is 1. The van der Waals surface area contributed by atoms with Crippen molar-refractivity contribution in [1.82, 2.24) is 20.2 Å². The molecule has 1 aromatic heterocycles. The van der Waals surface area contributed by atoms with Crippen LogP contribution in [0.2, 0.25) is 5.02 Å². The fraction of sp³-hybridized carbons (Fsp3) is 0.375. The van der Waals surface area contributed by atoms with Crippen LogP contribution in [0.1, 0.15) is 17.8 Å². The zero-order valence-electron chi connectivity index (χ0n) is 12.3. The highest BCUT2D eigenvalue weighted by molar-refractivity contribution is 6.30. The van der Waals surface area contributed by atoms with Gasteiger partial charge in [0.25, 0.3) is 0 Å². The number of carbonyl (C=O) groups is 1. The molecule has 6 heteroatoms. The predicted molar refractivity (Wildman–Crippen MR) is 85.6 cm³/mol. The summed E-state index contributed by atoms with van der Waals surface area (Å²) in [5, 5.41) is 4.11. The van der Waals surface area contributed by atoms with Crippen LogP contribution in [0.3, 0.4) is 0 Å². The van der Waals surface area contributed by atoms with Crippen molar-refractivity contribution in [3.63, 3.8) is 0 Å². The number of nitrogens with zero attached hydrogens (tertiary/aromatic N) is 2. The molecule has 22 heavy (non-hydrogen) atoms. The molecule has 3 rings (SSSR count). The van der Waals surface area contributed by atoms with Gasteiger partial charge in [0, 0.05) is 43.0 Å². The van der Waals surface area contributed by atoms with Gasteiger partial charge in [-0.3, -0.25) is 4.79 Å². The molecular formula is C16H19ClN4O. The van der Waals surface area contributed by atoms with Gasteiger partial charge in [0.1, 0.15) is 5.82 Å². The minimum atomic E-state index is 0.192. The number of benzene rings is 1. The second-order valence-corrected chi connectivity index (χ2v) is 5.97. The predicted octanol–water partition coefficient (Wildman–Crippen LogP) is 2.00. The van der Waals surface area contributed by atoms with Crippen LogP contribution in [0.25, 0.3) is 0 Å². The van der Waals surface area contributed by atoms with Crippen LogP contribution in [0, 0.1) is 0 Å². The summed E-state index contributed by atoms with van der Waals surface area (Å²) in [4.78, 5) is 21.2. The molecule has 2 N–H and O–H groups in total. The molecule has 1 atom stereocenters. The number of rotatable bonds is 6. The van der Waals surface area contributed by atoms with Crippen molar-refractivity contribution in [1.29, 1.82) is 0 Å². The molecule has 2 aromatic rings. The number of H-pyrrole nitrogens is 1. The third-order valence-corrected chi connectivity index (χ3v) is 4.12. The molecule has 1 aromatic carbocycles. The number of imidazole rings is 1. The molecule has 0 bridgehead atoms. The lowest BCUT2D eigenvalue weighted by atomic mass is 10.1. The largest absolute Gasteiger partial charge is 0.348 e. The SMILES string of the molecule is O=C1C[C@@H](NCc2ncc[nH]2)CN1CCc1cccc(Cl)c1. The first-order valence-electron chi connectivity index (χ1n) is 7.44. The van der Waals surface area contributed by atoms with Crippen molar-refractivity contribution in [2.24, 2.45) is 0 Å². The number of halogens is 1. The lowest BCUT2D eigenvalue weighted by Gasteiger charge is -2.17. The summed E-state index contributed by atoms with van der Waals surface area (Å²) >= 11 is 5.98. The van der Waals surface area contributed by atoms with E-state index in [4.69, 9.17) is 11.6 Å². The molecule has 0 unspecified atom stereocenters. The molecule has 1 saturated heterocycles. The van der Waals surface area contributed by atoms with Crippen molar-refractivity contribution in [3.05, 3.63) is 53.1 Å². The quantitative estimate of drug-likeness (QED) is 0.856. The Bertz CT molecular complexity index is 629. The van der Waals surface area contributed by atoms with Crippen LogP contribution >= 0.6 is 11.6 Å². The van der Waals surface area contributed by atoms with Crippen molar-refractivity contribution >= 4 is 17.5 Å². The molecule has 5 nitrogen and oxygen atoms in total. The van der Waals surface area contributed by atoms with E-state index >= 15 is 0 Å². The highest BCUT2D eigenvalue weighted by atomic mass is 35.5. The van der Waals surface area contributed by atoms with E-state index < -0.39 is 0 Å². The van der Waals surface area contributed by atoms with Crippen LogP contribution in [-0.4, -0.2) is 39.9 Å². The van der Waals surface area contributed by atoms with Gasteiger partial charge in [-0.15, -0.1) is 0 Å². The summed E-state index contributed by atoms with van der Waals surface area (Å²) in [6, 6.07) is 7.99. The average molecular weight is 319 g/mol. The van der Waals surface area contributed by atoms with Crippen molar-refractivity contribution < 1.29 is 4.79 Å². The smallest absolute Gasteiger partial charge is 0.224 e. The van der Waals surface area contributed by atoms with Gasteiger partial charge in [0.15, 0.2) is 0 Å². The van der Waals surface area contributed by atoms with Gasteiger partial charge in [0.05, 0.1) is 6.54 Å². The Balaban J connectivity index is 1.47. The lowest BCUT2D eigenvalue weighted by molar-refractivity contribution is -0.127. The number of nitrogens with one attached hydrogen (secondary N) is 2. The van der Waals surface area contributed by atoms with Gasteiger partial charge in [-0.25, -0.2) is 4.98 Å². The summed E-state index contributed by atoms with van der Waals surface area (Å²) in [5.74, 6) is 1.10. The lowest BCUT2D eigenvalue weighted by Crippen LogP contribution is -2.33. The van der Waals surface area contributed by atoms with E-state index in [0.29, 0.717) is 13.0 Å². The Kier molecular flexibility index (Phi) is 4.75. The normalized spacial score (nSPS) is 18.1. The van der Waals surface area contributed by atoms with Gasteiger partial charge in [0.2, 0.25) is 5.91 Å². The molecule has 1 amide bonds. The maximum atomic E-state index is 12.1. The highest BCUT2D eigenvalue weighted by Crippen LogP contribution is 2.15. The first kappa shape index (κ1) is 15.1. The first-order chi connectivity index (χ1) is 10.7. The Hall–Kier alpha value is -1.85. The minimum Gasteiger partial charge on any atom is -0.348 e. The molecule has 0 saturated carbocycles.